The molecule has 0 saturated carbocycles. The van der Waals surface area contributed by atoms with Gasteiger partial charge in [-0.1, -0.05) is 29.8 Å². The third-order valence-electron chi connectivity index (χ3n) is 5.16. The summed E-state index contributed by atoms with van der Waals surface area (Å²) < 4.78 is 69.2. The number of anilines is 1. The first-order chi connectivity index (χ1) is 15.6. The van der Waals surface area contributed by atoms with Crippen molar-refractivity contribution < 1.29 is 26.4 Å². The Morgan fingerprint density at radius 1 is 1.06 bits per heavy atom. The van der Waals surface area contributed by atoms with E-state index in [2.05, 4.69) is 10.4 Å². The van der Waals surface area contributed by atoms with Crippen molar-refractivity contribution in [3.05, 3.63) is 71.0 Å². The number of para-hydroxylation sites is 1. The van der Waals surface area contributed by atoms with E-state index >= 15 is 0 Å². The highest BCUT2D eigenvalue weighted by Crippen LogP contribution is 2.34. The Morgan fingerprint density at radius 3 is 2.36 bits per heavy atom. The third kappa shape index (κ3) is 4.61. The summed E-state index contributed by atoms with van der Waals surface area (Å²) in [7, 11) is -3.90. The molecule has 0 bridgehead atoms. The first kappa shape index (κ1) is 23.3. The number of alkyl halides is 3. The number of hydrogen-bond donors (Lipinski definition) is 1. The van der Waals surface area contributed by atoms with Crippen LogP contribution in [0, 0.1) is 0 Å². The lowest BCUT2D eigenvalue weighted by molar-refractivity contribution is -0.143. The molecule has 0 spiro atoms. The second-order valence-electron chi connectivity index (χ2n) is 7.36. The van der Waals surface area contributed by atoms with E-state index in [-0.39, 0.29) is 21.3 Å². The zero-order valence-corrected chi connectivity index (χ0v) is 18.6. The Labute approximate surface area is 192 Å². The van der Waals surface area contributed by atoms with Gasteiger partial charge in [-0.3, -0.25) is 4.79 Å². The Bertz CT molecular complexity index is 1290. The fourth-order valence-electron chi connectivity index (χ4n) is 3.60. The second kappa shape index (κ2) is 8.81. The minimum absolute atomic E-state index is 0.0113. The molecule has 0 aliphatic carbocycles. The van der Waals surface area contributed by atoms with Gasteiger partial charge >= 0.3 is 6.18 Å². The fraction of sp³-hybridized carbons (Fsp3) is 0.238. The molecule has 0 atom stereocenters. The zero-order chi connectivity index (χ0) is 23.8. The van der Waals surface area contributed by atoms with E-state index in [0.717, 1.165) is 25.1 Å². The molecule has 2 aromatic carbocycles. The lowest BCUT2D eigenvalue weighted by atomic mass is 10.2. The minimum Gasteiger partial charge on any atom is -0.322 e. The van der Waals surface area contributed by atoms with E-state index in [9.17, 15) is 26.4 Å². The van der Waals surface area contributed by atoms with Crippen molar-refractivity contribution in [2.24, 2.45) is 0 Å². The summed E-state index contributed by atoms with van der Waals surface area (Å²) in [4.78, 5) is 12.5. The second-order valence-corrected chi connectivity index (χ2v) is 9.68. The van der Waals surface area contributed by atoms with Gasteiger partial charge in [0.2, 0.25) is 10.0 Å². The number of halogens is 4. The smallest absolute Gasteiger partial charge is 0.322 e. The van der Waals surface area contributed by atoms with Crippen LogP contribution in [0.15, 0.2) is 59.6 Å². The molecule has 1 amide bonds. The lowest BCUT2D eigenvalue weighted by Gasteiger charge is -2.17. The van der Waals surface area contributed by atoms with Crippen molar-refractivity contribution >= 4 is 33.2 Å². The van der Waals surface area contributed by atoms with Crippen LogP contribution in [-0.4, -0.2) is 41.5 Å². The van der Waals surface area contributed by atoms with Crippen LogP contribution in [-0.2, 0) is 16.2 Å². The van der Waals surface area contributed by atoms with Gasteiger partial charge in [-0.25, -0.2) is 13.1 Å². The predicted octanol–water partition coefficient (Wildman–Crippen LogP) is 4.58. The molecule has 7 nitrogen and oxygen atoms in total. The van der Waals surface area contributed by atoms with E-state index < -0.39 is 33.4 Å². The van der Waals surface area contributed by atoms with Crippen LogP contribution in [0.2, 0.25) is 5.02 Å². The highest BCUT2D eigenvalue weighted by molar-refractivity contribution is 7.89. The molecular weight excluding hydrogens is 481 g/mol. The number of aromatic nitrogens is 2. The lowest BCUT2D eigenvalue weighted by Crippen LogP contribution is -2.28. The molecule has 1 saturated heterocycles. The van der Waals surface area contributed by atoms with E-state index in [4.69, 9.17) is 11.6 Å². The van der Waals surface area contributed by atoms with Gasteiger partial charge in [-0.15, -0.1) is 0 Å². The van der Waals surface area contributed by atoms with Crippen molar-refractivity contribution in [2.75, 3.05) is 18.4 Å². The molecule has 1 aliphatic rings. The molecule has 12 heteroatoms. The van der Waals surface area contributed by atoms with Gasteiger partial charge in [-0.2, -0.15) is 22.6 Å². The van der Waals surface area contributed by atoms with Crippen molar-refractivity contribution in [1.29, 1.82) is 0 Å². The SMILES string of the molecule is O=C(Nc1ccc(Cl)c(S(=O)(=O)N2CCCC2)c1)c1cnn(-c2ccccc2)c1C(F)(F)F. The molecule has 0 unspecified atom stereocenters. The predicted molar refractivity (Wildman–Crippen MR) is 116 cm³/mol. The van der Waals surface area contributed by atoms with Crippen LogP contribution in [0.4, 0.5) is 18.9 Å². The summed E-state index contributed by atoms with van der Waals surface area (Å²) in [5.74, 6) is -1.09. The molecule has 2 heterocycles. The number of rotatable bonds is 5. The third-order valence-corrected chi connectivity index (χ3v) is 7.54. The van der Waals surface area contributed by atoms with Crippen LogP contribution < -0.4 is 5.32 Å². The number of sulfonamides is 1. The number of carbonyl (C=O) groups excluding carboxylic acids is 1. The molecule has 4 rings (SSSR count). The largest absolute Gasteiger partial charge is 0.434 e. The van der Waals surface area contributed by atoms with Gasteiger partial charge < -0.3 is 5.32 Å². The van der Waals surface area contributed by atoms with E-state index in [1.807, 2.05) is 0 Å². The number of hydrogen-bond acceptors (Lipinski definition) is 4. The molecule has 0 radical (unpaired) electrons. The Hall–Kier alpha value is -2.89. The Balaban J connectivity index is 1.68. The average Bonchev–Trinajstić information content (AvgIpc) is 3.46. The normalized spacial score (nSPS) is 15.0. The number of benzene rings is 2. The summed E-state index contributed by atoms with van der Waals surface area (Å²) in [6, 6.07) is 11.3. The Morgan fingerprint density at radius 2 is 1.73 bits per heavy atom. The molecule has 1 fully saturated rings. The quantitative estimate of drug-likeness (QED) is 0.558. The molecule has 3 aromatic rings. The summed E-state index contributed by atoms with van der Waals surface area (Å²) >= 11 is 6.09. The van der Waals surface area contributed by atoms with E-state index in [0.29, 0.717) is 17.8 Å². The number of nitrogens with one attached hydrogen (secondary N) is 1. The molecule has 1 N–H and O–H groups in total. The maximum Gasteiger partial charge on any atom is 0.434 e. The van der Waals surface area contributed by atoms with Gasteiger partial charge in [0, 0.05) is 18.8 Å². The van der Waals surface area contributed by atoms with Crippen LogP contribution in [0.1, 0.15) is 28.9 Å². The zero-order valence-electron chi connectivity index (χ0n) is 17.0. The topological polar surface area (TPSA) is 84.3 Å². The average molecular weight is 499 g/mol. The number of amides is 1. The van der Waals surface area contributed by atoms with E-state index in [1.165, 1.54) is 28.6 Å². The van der Waals surface area contributed by atoms with Gasteiger partial charge in [0.25, 0.3) is 5.91 Å². The summed E-state index contributed by atoms with van der Waals surface area (Å²) in [5.41, 5.74) is -1.83. The minimum atomic E-state index is -4.87. The summed E-state index contributed by atoms with van der Waals surface area (Å²) in [5, 5.41) is 6.03. The first-order valence-electron chi connectivity index (χ1n) is 9.91. The van der Waals surface area contributed by atoms with Gasteiger partial charge in [0.1, 0.15) is 4.90 Å². The fourth-order valence-corrected chi connectivity index (χ4v) is 5.61. The number of nitrogens with zero attached hydrogens (tertiary/aromatic N) is 3. The van der Waals surface area contributed by atoms with Crippen LogP contribution in [0.5, 0.6) is 0 Å². The molecular formula is C21H18ClF3N4O3S. The van der Waals surface area contributed by atoms with Gasteiger partial charge in [0.05, 0.1) is 22.5 Å². The Kier molecular flexibility index (Phi) is 6.21. The molecule has 1 aromatic heterocycles. The van der Waals surface area contributed by atoms with Crippen LogP contribution >= 0.6 is 11.6 Å². The van der Waals surface area contributed by atoms with Crippen molar-refractivity contribution in [3.8, 4) is 5.69 Å². The van der Waals surface area contributed by atoms with E-state index in [1.54, 1.807) is 18.2 Å². The maximum absolute atomic E-state index is 13.8. The van der Waals surface area contributed by atoms with Gasteiger partial charge in [-0.05, 0) is 43.2 Å². The maximum atomic E-state index is 13.8. The summed E-state index contributed by atoms with van der Waals surface area (Å²) in [6.07, 6.45) is -2.61. The van der Waals surface area contributed by atoms with Crippen molar-refractivity contribution in [3.63, 3.8) is 0 Å². The van der Waals surface area contributed by atoms with Crippen molar-refractivity contribution in [2.45, 2.75) is 23.9 Å². The summed E-state index contributed by atoms with van der Waals surface area (Å²) in [6.45, 7) is 0.700. The number of carbonyl (C=O) groups is 1. The van der Waals surface area contributed by atoms with Crippen molar-refractivity contribution in [1.82, 2.24) is 14.1 Å². The highest BCUT2D eigenvalue weighted by Gasteiger charge is 2.40. The van der Waals surface area contributed by atoms with Crippen LogP contribution in [0.3, 0.4) is 0 Å². The monoisotopic (exact) mass is 498 g/mol. The van der Waals surface area contributed by atoms with Gasteiger partial charge in [0.15, 0.2) is 5.69 Å². The first-order valence-corrected chi connectivity index (χ1v) is 11.7. The molecule has 33 heavy (non-hydrogen) atoms. The molecule has 174 valence electrons. The standard InChI is InChI=1S/C21H18ClF3N4O3S/c22-17-9-8-14(12-18(17)33(31,32)28-10-4-5-11-28)27-20(30)16-13-26-29(19(16)21(23,24)25)15-6-2-1-3-7-15/h1-3,6-9,12-13H,4-5,10-11H2,(H,27,30). The molecule has 1 aliphatic heterocycles. The van der Waals surface area contributed by atoms with Crippen LogP contribution in [0.25, 0.3) is 5.69 Å². The highest BCUT2D eigenvalue weighted by atomic mass is 35.5.